The molecule has 0 amide bonds. The molecule has 10 aromatic heterocycles. The number of nitrogens with one attached hydrogen (secondary N) is 5. The van der Waals surface area contributed by atoms with Crippen molar-refractivity contribution >= 4 is 147 Å². The average Bonchev–Trinajstić information content (AvgIpc) is 1.80. The minimum absolute atomic E-state index is 0.00255. The summed E-state index contributed by atoms with van der Waals surface area (Å²) in [4.78, 5) is 54.4. The van der Waals surface area contributed by atoms with Gasteiger partial charge >= 0.3 is 0 Å². The van der Waals surface area contributed by atoms with Crippen LogP contribution in [-0.4, -0.2) is 156 Å². The Morgan fingerprint density at radius 3 is 0.942 bits per heavy atom. The van der Waals surface area contributed by atoms with Gasteiger partial charge < -0.3 is 69.8 Å². The summed E-state index contributed by atoms with van der Waals surface area (Å²) in [6.07, 6.45) is 6.09. The quantitative estimate of drug-likeness (QED) is 0.0157. The van der Waals surface area contributed by atoms with Crippen molar-refractivity contribution in [2.75, 3.05) is 59.1 Å². The van der Waals surface area contributed by atoms with Gasteiger partial charge in [-0.25, -0.2) is 71.4 Å². The maximum absolute atomic E-state index is 11.7. The monoisotopic (exact) mass is 1960 g/mol. The van der Waals surface area contributed by atoms with Crippen LogP contribution < -0.4 is 55.0 Å². The van der Waals surface area contributed by atoms with Gasteiger partial charge in [0, 0.05) is 140 Å². The van der Waals surface area contributed by atoms with E-state index < -0.39 is 9.84 Å². The van der Waals surface area contributed by atoms with Crippen LogP contribution in [0.4, 0.5) is 25.7 Å². The van der Waals surface area contributed by atoms with Crippen molar-refractivity contribution in [1.29, 1.82) is 0 Å². The molecule has 6 N–H and O–H groups in total. The number of sulfone groups is 1. The zero-order chi connectivity index (χ0) is 99.0. The van der Waals surface area contributed by atoms with E-state index in [-0.39, 0.29) is 49.0 Å². The van der Waals surface area contributed by atoms with Crippen molar-refractivity contribution in [3.63, 3.8) is 0 Å². The van der Waals surface area contributed by atoms with Gasteiger partial charge in [0.25, 0.3) is 0 Å². The Morgan fingerprint density at radius 1 is 0.365 bits per heavy atom. The highest BCUT2D eigenvalue weighted by atomic mass is 32.2. The average molecular weight is 1970 g/mol. The maximum Gasteiger partial charge on any atom is 0.218 e. The summed E-state index contributed by atoms with van der Waals surface area (Å²) in [7, 11) is -3.12. The van der Waals surface area contributed by atoms with E-state index in [1.807, 2.05) is 176 Å². The molecule has 0 saturated carbocycles. The topological polar surface area (TPSA) is 308 Å². The van der Waals surface area contributed by atoms with Crippen molar-refractivity contribution in [2.45, 2.75) is 250 Å². The van der Waals surface area contributed by atoms with Crippen molar-refractivity contribution in [1.82, 2.24) is 49.8 Å². The van der Waals surface area contributed by atoms with Crippen LogP contribution in [0.25, 0.3) is 121 Å². The van der Waals surface area contributed by atoms with Crippen molar-refractivity contribution in [3.05, 3.63) is 193 Å². The molecule has 0 bridgehead atoms. The minimum atomic E-state index is -3.12. The Balaban J connectivity index is 0.000000164. The highest BCUT2D eigenvalue weighted by molar-refractivity contribution is 7.89. The molecule has 10 heterocycles. The number of nitrogens with zero attached hydrogens (tertiary/aromatic N) is 12. The van der Waals surface area contributed by atoms with Gasteiger partial charge in [0.1, 0.15) is 75.2 Å². The van der Waals surface area contributed by atoms with Crippen LogP contribution in [0.5, 0.6) is 34.5 Å². The van der Waals surface area contributed by atoms with Gasteiger partial charge in [0.05, 0.1) is 92.8 Å². The van der Waals surface area contributed by atoms with Crippen molar-refractivity contribution in [2.24, 2.45) is 0 Å². The smallest absolute Gasteiger partial charge is 0.218 e. The Labute approximate surface area is 826 Å². The lowest BCUT2D eigenvalue weighted by Crippen LogP contribution is -2.23. The minimum Gasteiger partial charge on any atom is -0.491 e. The van der Waals surface area contributed by atoms with Gasteiger partial charge in [-0.1, -0.05) is 37.6 Å². The Morgan fingerprint density at radius 2 is 0.650 bits per heavy atom. The maximum atomic E-state index is 11.7. The molecule has 0 aliphatic carbocycles. The molecule has 137 heavy (non-hydrogen) atoms. The summed E-state index contributed by atoms with van der Waals surface area (Å²) < 4.78 is 59.3. The van der Waals surface area contributed by atoms with Gasteiger partial charge in [-0.2, -0.15) is 0 Å². The van der Waals surface area contributed by atoms with Crippen LogP contribution in [0.3, 0.4) is 0 Å². The predicted molar refractivity (Wildman–Crippen MR) is 572 cm³/mol. The van der Waals surface area contributed by atoms with Crippen molar-refractivity contribution in [3.8, 4) is 91.4 Å². The lowest BCUT2D eigenvalue weighted by atomic mass is 10.1. The molecule has 15 rings (SSSR count). The summed E-state index contributed by atoms with van der Waals surface area (Å²) in [5, 5.41) is 44.9. The van der Waals surface area contributed by atoms with Crippen LogP contribution in [-0.2, 0) is 34.9 Å². The second-order valence-corrected chi connectivity index (χ2v) is 43.1. The fraction of sp³-hybridized carbons (Fsp3) is 0.410. The second-order valence-electron chi connectivity index (χ2n) is 36.7. The number of aromatic nitrogens is 10. The van der Waals surface area contributed by atoms with E-state index in [1.165, 1.54) is 28.7 Å². The molecule has 0 unspecified atom stereocenters. The third-order valence-electron chi connectivity index (χ3n) is 19.4. The van der Waals surface area contributed by atoms with Gasteiger partial charge in [0.2, 0.25) is 13.1 Å². The summed E-state index contributed by atoms with van der Waals surface area (Å²) in [6.45, 7) is 60.5. The molecule has 724 valence electrons. The highest BCUT2D eigenvalue weighted by Gasteiger charge is 2.24. The second kappa shape index (κ2) is 49.3. The number of pyridine rings is 5. The zero-order valence-corrected chi connectivity index (χ0v) is 87.6. The first-order chi connectivity index (χ1) is 65.2. The van der Waals surface area contributed by atoms with Crippen LogP contribution >= 0.6 is 56.7 Å². The summed E-state index contributed by atoms with van der Waals surface area (Å²) >= 11 is 7.85. The van der Waals surface area contributed by atoms with Crippen LogP contribution in [0.1, 0.15) is 187 Å². The number of aryl methyl sites for hydroxylation is 2. The molecule has 32 heteroatoms. The third-order valence-corrected chi connectivity index (χ3v) is 24.1. The predicted octanol–water partition coefficient (Wildman–Crippen LogP) is 26.4. The lowest BCUT2D eigenvalue weighted by Gasteiger charge is -2.23. The molecule has 15 aromatic rings. The number of hydrogen-bond donors (Lipinski definition) is 6. The van der Waals surface area contributed by atoms with E-state index in [0.717, 1.165) is 187 Å². The molecule has 26 nitrogen and oxygen atoms in total. The van der Waals surface area contributed by atoms with E-state index in [1.54, 1.807) is 45.3 Å². The molecule has 0 radical (unpaired) electrons. The van der Waals surface area contributed by atoms with Gasteiger partial charge in [-0.05, 0) is 241 Å². The molecule has 0 spiro atoms. The summed E-state index contributed by atoms with van der Waals surface area (Å²) in [5.41, 5.74) is 16.3. The molecule has 0 aliphatic heterocycles. The summed E-state index contributed by atoms with van der Waals surface area (Å²) in [5.74, 6) is 4.63. The summed E-state index contributed by atoms with van der Waals surface area (Å²) in [6, 6.07) is 41.5. The SMILES string of the molecule is CC(C)Nc1nc(-c2cc(OC(C)C)c3ccc(CS(C)(=O)=O)cc3n2)cs1.CC(C)Nc1nc(-c2cc(OC(C)C)c3ccc(OCCO)cc3n2)cs1.CCCc1ccc2c(OC(C)C)cc(-c3csc(NC(C)C)n3)nc2c1.[C-]#[N+]CCCc1ccc2c(OC(C)(C)C)cc(-c3csc(NC(C)C)n3)nc2c1.[C-]#[N+]CCc1ccc2c(OC(C)C)cc(-c3csc(NC(C)C)n3)nc2c1. The zero-order valence-electron chi connectivity index (χ0n) is 82.7. The molecule has 0 fully saturated rings. The Kier molecular flexibility index (Phi) is 38.0. The number of benzene rings is 5. The van der Waals surface area contributed by atoms with Crippen molar-refractivity contribution < 1.29 is 41.9 Å². The van der Waals surface area contributed by atoms with E-state index in [9.17, 15) is 8.42 Å². The Hall–Kier alpha value is -12.0. The van der Waals surface area contributed by atoms with E-state index in [2.05, 4.69) is 176 Å². The van der Waals surface area contributed by atoms with Crippen LogP contribution in [0.2, 0.25) is 0 Å². The normalized spacial score (nSPS) is 11.6. The number of rotatable bonds is 36. The van der Waals surface area contributed by atoms with E-state index in [0.29, 0.717) is 71.6 Å². The van der Waals surface area contributed by atoms with Crippen LogP contribution in [0.15, 0.2) is 148 Å². The third kappa shape index (κ3) is 32.0. The van der Waals surface area contributed by atoms with Gasteiger partial charge in [0.15, 0.2) is 35.5 Å². The molecular weight excluding hydrogens is 1840 g/mol. The number of hydrogen-bond acceptors (Lipinski definition) is 29. The first-order valence-electron chi connectivity index (χ1n) is 46.5. The number of aliphatic hydroxyl groups excluding tert-OH is 1. The highest BCUT2D eigenvalue weighted by Crippen LogP contribution is 2.41. The number of thiazole rings is 5. The fourth-order valence-electron chi connectivity index (χ4n) is 14.1. The Bertz CT molecular complexity index is 6740. The number of anilines is 5. The molecule has 0 aliphatic rings. The fourth-order valence-corrected chi connectivity index (χ4v) is 19.1. The van der Waals surface area contributed by atoms with Gasteiger partial charge in [-0.15, -0.1) is 56.7 Å². The van der Waals surface area contributed by atoms with Gasteiger partial charge in [-0.3, -0.25) is 0 Å². The first kappa shape index (κ1) is 105. The number of aliphatic hydroxyl groups is 1. The molecule has 0 atom stereocenters. The standard InChI is InChI=1S/C23H28N4OS.C21H24N4OS.C21H27N3OS.C20H25N3O3S2.C20H25N3O3S/c1-15(2)25-22-27-20(14-29-22)19-13-21(28-23(3,4)5)17-10-9-16(8-7-11-24-6)12-18(17)26-19;1-13(2)23-21-25-19(12-27-21)18-11-20(26-14(3)4)16-7-6-15(8-9-22-5)10-17(16)24-18;1-6-7-15-8-9-16-17(10-15)23-18(11-20(16)25-14(4)5)19-12-26-21(24-19)22-13(2)3;1-12(2)21-20-23-18(10-27-20)17-9-19(26-13(3)4)15-7-6-14(8-16(15)22-17)11-28(5,24)25;1-12(2)21-20-23-18(11-27-20)17-10-19(26-13(3)4)15-6-5-14(25-8-7-24)9-16(15)22-17/h9-10,12-15H,7-8,11H2,1-5H3,(H,25,27);6-7,10-14H,8-9H2,1-4H3,(H,23,25);8-14H,6-7H2,1-5H3,(H,22,24);6-10,12-13H,11H2,1-5H3,(H,21,23);5-6,9-13,24H,7-8H2,1-4H3,(H,21,23). The van der Waals surface area contributed by atoms with E-state index in [4.69, 9.17) is 81.6 Å². The number of ether oxygens (including phenoxy) is 6. The first-order valence-corrected chi connectivity index (χ1v) is 52.9. The number of fused-ring (bicyclic) bond motifs is 5. The van der Waals surface area contributed by atoms with E-state index >= 15 is 0 Å². The molecule has 5 aromatic carbocycles. The lowest BCUT2D eigenvalue weighted by molar-refractivity contribution is 0.133. The molecule has 0 saturated heterocycles. The molecular formula is C105H129N17O9S6. The largest absolute Gasteiger partial charge is 0.491 e. The van der Waals surface area contributed by atoms with Crippen LogP contribution in [0, 0.1) is 13.1 Å².